The highest BCUT2D eigenvalue weighted by atomic mass is 32.2. The van der Waals surface area contributed by atoms with Gasteiger partial charge >= 0.3 is 0 Å². The molecule has 26 heavy (non-hydrogen) atoms. The number of fused-ring (bicyclic) bond motifs is 1. The van der Waals surface area contributed by atoms with Crippen molar-refractivity contribution in [2.75, 3.05) is 18.4 Å². The highest BCUT2D eigenvalue weighted by Crippen LogP contribution is 2.25. The lowest BCUT2D eigenvalue weighted by molar-refractivity contribution is 0.477. The first-order valence-electron chi connectivity index (χ1n) is 8.46. The van der Waals surface area contributed by atoms with Crippen LogP contribution in [0, 0.1) is 5.82 Å². The van der Waals surface area contributed by atoms with E-state index >= 15 is 0 Å². The first-order chi connectivity index (χ1) is 12.5. The topological polar surface area (TPSA) is 62.3 Å². The maximum Gasteiger partial charge on any atom is 0.243 e. The van der Waals surface area contributed by atoms with Gasteiger partial charge in [-0.2, -0.15) is 4.31 Å². The van der Waals surface area contributed by atoms with Gasteiger partial charge in [0, 0.05) is 24.2 Å². The molecule has 1 saturated heterocycles. The number of halogens is 1. The minimum Gasteiger partial charge on any atom is -0.340 e. The molecule has 0 saturated carbocycles. The standard InChI is InChI=1S/C19H18FN3O2S/c20-15-4-6-16(7-5-15)21-19-10-3-14-13-17(8-9-18(14)22-19)26(24,25)23-11-1-2-12-23/h3-10,13H,1-2,11-12H2,(H,21,22). The third-order valence-electron chi connectivity index (χ3n) is 4.48. The SMILES string of the molecule is O=S(=O)(c1ccc2nc(Nc3ccc(F)cc3)ccc2c1)N1CCCC1. The lowest BCUT2D eigenvalue weighted by Crippen LogP contribution is -2.27. The smallest absolute Gasteiger partial charge is 0.243 e. The molecule has 0 bridgehead atoms. The Morgan fingerprint density at radius 2 is 1.69 bits per heavy atom. The van der Waals surface area contributed by atoms with E-state index < -0.39 is 10.0 Å². The van der Waals surface area contributed by atoms with Crippen LogP contribution >= 0.6 is 0 Å². The zero-order chi connectivity index (χ0) is 18.1. The molecule has 4 rings (SSSR count). The van der Waals surface area contributed by atoms with Gasteiger partial charge in [0.15, 0.2) is 0 Å². The van der Waals surface area contributed by atoms with E-state index in [1.54, 1.807) is 36.4 Å². The Balaban J connectivity index is 1.63. The van der Waals surface area contributed by atoms with Crippen LogP contribution in [0.2, 0.25) is 0 Å². The predicted molar refractivity (Wildman–Crippen MR) is 99.4 cm³/mol. The van der Waals surface area contributed by atoms with Crippen molar-refractivity contribution in [3.05, 3.63) is 60.4 Å². The monoisotopic (exact) mass is 371 g/mol. The molecule has 7 heteroatoms. The molecular formula is C19H18FN3O2S. The van der Waals surface area contributed by atoms with Gasteiger partial charge in [-0.15, -0.1) is 0 Å². The van der Waals surface area contributed by atoms with Crippen LogP contribution in [-0.4, -0.2) is 30.8 Å². The Morgan fingerprint density at radius 3 is 2.42 bits per heavy atom. The minimum atomic E-state index is -3.44. The number of rotatable bonds is 4. The Hall–Kier alpha value is -2.51. The number of nitrogens with one attached hydrogen (secondary N) is 1. The fourth-order valence-corrected chi connectivity index (χ4v) is 4.65. The number of nitrogens with zero attached hydrogens (tertiary/aromatic N) is 2. The van der Waals surface area contributed by atoms with Gasteiger partial charge in [-0.3, -0.25) is 0 Å². The summed E-state index contributed by atoms with van der Waals surface area (Å²) in [5.41, 5.74) is 1.42. The molecule has 1 N–H and O–H groups in total. The van der Waals surface area contributed by atoms with Gasteiger partial charge in [-0.25, -0.2) is 17.8 Å². The average Bonchev–Trinajstić information content (AvgIpc) is 3.19. The summed E-state index contributed by atoms with van der Waals surface area (Å²) in [6.45, 7) is 1.16. The number of sulfonamides is 1. The number of anilines is 2. The maximum atomic E-state index is 13.0. The average molecular weight is 371 g/mol. The molecule has 2 heterocycles. The highest BCUT2D eigenvalue weighted by Gasteiger charge is 2.27. The van der Waals surface area contributed by atoms with Crippen LogP contribution in [0.25, 0.3) is 10.9 Å². The molecule has 0 aliphatic carbocycles. The van der Waals surface area contributed by atoms with Crippen molar-refractivity contribution >= 4 is 32.4 Å². The molecule has 0 spiro atoms. The second kappa shape index (κ2) is 6.66. The summed E-state index contributed by atoms with van der Waals surface area (Å²) in [5.74, 6) is 0.313. The molecular weight excluding hydrogens is 353 g/mol. The molecule has 2 aromatic carbocycles. The molecule has 134 valence electrons. The van der Waals surface area contributed by atoms with E-state index in [4.69, 9.17) is 0 Å². The first-order valence-corrected chi connectivity index (χ1v) is 9.90. The number of benzene rings is 2. The molecule has 3 aromatic rings. The van der Waals surface area contributed by atoms with Crippen LogP contribution in [0.15, 0.2) is 59.5 Å². The van der Waals surface area contributed by atoms with Crippen molar-refractivity contribution in [1.82, 2.24) is 9.29 Å². The quantitative estimate of drug-likeness (QED) is 0.755. The fourth-order valence-electron chi connectivity index (χ4n) is 3.09. The van der Waals surface area contributed by atoms with Gasteiger partial charge in [0.25, 0.3) is 0 Å². The van der Waals surface area contributed by atoms with Gasteiger partial charge in [-0.05, 0) is 67.4 Å². The second-order valence-corrected chi connectivity index (χ2v) is 8.23. The number of pyridine rings is 1. The van der Waals surface area contributed by atoms with Crippen LogP contribution in [0.1, 0.15) is 12.8 Å². The second-order valence-electron chi connectivity index (χ2n) is 6.29. The van der Waals surface area contributed by atoms with Gasteiger partial charge < -0.3 is 5.32 Å². The summed E-state index contributed by atoms with van der Waals surface area (Å²) in [6, 6.07) is 14.6. The third-order valence-corrected chi connectivity index (χ3v) is 6.37. The van der Waals surface area contributed by atoms with Crippen molar-refractivity contribution in [2.45, 2.75) is 17.7 Å². The van der Waals surface area contributed by atoms with Crippen molar-refractivity contribution < 1.29 is 12.8 Å². The molecule has 0 unspecified atom stereocenters. The lowest BCUT2D eigenvalue weighted by atomic mass is 10.2. The molecule has 0 radical (unpaired) electrons. The fraction of sp³-hybridized carbons (Fsp3) is 0.211. The van der Waals surface area contributed by atoms with Crippen LogP contribution in [0.4, 0.5) is 15.9 Å². The van der Waals surface area contributed by atoms with Gasteiger partial charge in [-0.1, -0.05) is 0 Å². The molecule has 5 nitrogen and oxygen atoms in total. The summed E-state index contributed by atoms with van der Waals surface area (Å²) in [7, 11) is -3.44. The summed E-state index contributed by atoms with van der Waals surface area (Å²) in [4.78, 5) is 4.80. The lowest BCUT2D eigenvalue weighted by Gasteiger charge is -2.15. The van der Waals surface area contributed by atoms with Crippen molar-refractivity contribution in [1.29, 1.82) is 0 Å². The van der Waals surface area contributed by atoms with Crippen LogP contribution in [0.3, 0.4) is 0 Å². The first kappa shape index (κ1) is 16.9. The molecule has 1 fully saturated rings. The van der Waals surface area contributed by atoms with Gasteiger partial charge in [0.05, 0.1) is 10.4 Å². The van der Waals surface area contributed by atoms with E-state index in [1.165, 1.54) is 16.4 Å². The Kier molecular flexibility index (Phi) is 4.34. The van der Waals surface area contributed by atoms with Crippen molar-refractivity contribution in [3.8, 4) is 0 Å². The number of aromatic nitrogens is 1. The molecule has 1 aliphatic heterocycles. The van der Waals surface area contributed by atoms with Crippen LogP contribution in [-0.2, 0) is 10.0 Å². The number of hydrogen-bond donors (Lipinski definition) is 1. The van der Waals surface area contributed by atoms with E-state index in [1.807, 2.05) is 6.07 Å². The van der Waals surface area contributed by atoms with E-state index in [-0.39, 0.29) is 5.82 Å². The van der Waals surface area contributed by atoms with E-state index in [2.05, 4.69) is 10.3 Å². The third kappa shape index (κ3) is 3.27. The Morgan fingerprint density at radius 1 is 0.962 bits per heavy atom. The normalized spacial score (nSPS) is 15.4. The molecule has 1 aliphatic rings. The van der Waals surface area contributed by atoms with Crippen molar-refractivity contribution in [2.24, 2.45) is 0 Å². The predicted octanol–water partition coefficient (Wildman–Crippen LogP) is 3.90. The largest absolute Gasteiger partial charge is 0.340 e. The summed E-state index contributed by atoms with van der Waals surface area (Å²) in [5, 5.41) is 3.87. The van der Waals surface area contributed by atoms with Crippen LogP contribution < -0.4 is 5.32 Å². The Labute approximate surface area is 151 Å². The molecule has 1 aromatic heterocycles. The molecule has 0 amide bonds. The zero-order valence-corrected chi connectivity index (χ0v) is 14.8. The van der Waals surface area contributed by atoms with Gasteiger partial charge in [0.1, 0.15) is 11.6 Å². The van der Waals surface area contributed by atoms with Gasteiger partial charge in [0.2, 0.25) is 10.0 Å². The van der Waals surface area contributed by atoms with E-state index in [0.29, 0.717) is 29.3 Å². The van der Waals surface area contributed by atoms with Crippen molar-refractivity contribution in [3.63, 3.8) is 0 Å². The van der Waals surface area contributed by atoms with E-state index in [9.17, 15) is 12.8 Å². The number of hydrogen-bond acceptors (Lipinski definition) is 4. The summed E-state index contributed by atoms with van der Waals surface area (Å²) >= 11 is 0. The van der Waals surface area contributed by atoms with Crippen LogP contribution in [0.5, 0.6) is 0 Å². The Bertz CT molecular complexity index is 1050. The maximum absolute atomic E-state index is 13.0. The van der Waals surface area contributed by atoms with E-state index in [0.717, 1.165) is 23.9 Å². The minimum absolute atomic E-state index is 0.297. The highest BCUT2D eigenvalue weighted by molar-refractivity contribution is 7.89. The summed E-state index contributed by atoms with van der Waals surface area (Å²) < 4.78 is 39.9. The zero-order valence-electron chi connectivity index (χ0n) is 14.0. The molecule has 0 atom stereocenters. The summed E-state index contributed by atoms with van der Waals surface area (Å²) in [6.07, 6.45) is 1.82.